The van der Waals surface area contributed by atoms with E-state index >= 15 is 0 Å². The number of rotatable bonds is 10. The zero-order chi connectivity index (χ0) is 23.8. The van der Waals surface area contributed by atoms with Gasteiger partial charge in [0.15, 0.2) is 0 Å². The average molecular weight is 461 g/mol. The molecule has 0 spiro atoms. The second-order valence-electron chi connectivity index (χ2n) is 7.88. The van der Waals surface area contributed by atoms with E-state index in [4.69, 9.17) is 0 Å². The van der Waals surface area contributed by atoms with Crippen LogP contribution >= 0.6 is 0 Å². The maximum Gasteiger partial charge on any atom is 0.573 e. The van der Waals surface area contributed by atoms with Crippen LogP contribution in [-0.4, -0.2) is 40.6 Å². The first-order valence-electron chi connectivity index (χ1n) is 10.6. The van der Waals surface area contributed by atoms with Gasteiger partial charge in [0, 0.05) is 18.2 Å². The summed E-state index contributed by atoms with van der Waals surface area (Å²) in [6.07, 6.45) is -4.02. The Kier molecular flexibility index (Phi) is 8.11. The van der Waals surface area contributed by atoms with E-state index in [9.17, 15) is 18.3 Å². The van der Waals surface area contributed by atoms with Crippen molar-refractivity contribution < 1.29 is 23.0 Å². The molecule has 1 heterocycles. The molecule has 0 radical (unpaired) electrons. The lowest BCUT2D eigenvalue weighted by atomic mass is 10.1. The molecule has 3 aromatic rings. The molecule has 2 aromatic carbocycles. The van der Waals surface area contributed by atoms with Gasteiger partial charge in [0.1, 0.15) is 11.6 Å². The van der Waals surface area contributed by atoms with E-state index in [0.717, 1.165) is 12.0 Å². The summed E-state index contributed by atoms with van der Waals surface area (Å²) in [4.78, 5) is 8.95. The SMILES string of the molecule is CC(C)[C@@H](CO)Nc1nc(NCCc2ccccc2)cc(-c2cccc(OC(F)(F)F)c2)n1. The number of aliphatic hydroxyl groups excluding tert-OH is 1. The highest BCUT2D eigenvalue weighted by Crippen LogP contribution is 2.29. The van der Waals surface area contributed by atoms with Crippen LogP contribution in [0, 0.1) is 5.92 Å². The standard InChI is InChI=1S/C24H27F3N4O2/c1-16(2)21(15-32)30-23-29-20(18-9-6-10-19(13-18)33-24(25,26)27)14-22(31-23)28-12-11-17-7-4-3-5-8-17/h3-10,13-14,16,21,32H,11-12,15H2,1-2H3,(H2,28,29,30,31)/t21-/m1/s1. The molecule has 9 heteroatoms. The van der Waals surface area contributed by atoms with Crippen molar-refractivity contribution in [3.63, 3.8) is 0 Å². The summed E-state index contributed by atoms with van der Waals surface area (Å²) in [5.74, 6) is 0.563. The molecule has 0 aliphatic carbocycles. The van der Waals surface area contributed by atoms with Gasteiger partial charge in [-0.05, 0) is 30.0 Å². The molecule has 1 aromatic heterocycles. The Balaban J connectivity index is 1.87. The molecule has 0 saturated heterocycles. The van der Waals surface area contributed by atoms with Crippen LogP contribution in [0.25, 0.3) is 11.3 Å². The van der Waals surface area contributed by atoms with Crippen LogP contribution in [0.3, 0.4) is 0 Å². The highest BCUT2D eigenvalue weighted by molar-refractivity contribution is 5.66. The fourth-order valence-corrected chi connectivity index (χ4v) is 3.17. The minimum absolute atomic E-state index is 0.111. The highest BCUT2D eigenvalue weighted by atomic mass is 19.4. The molecule has 0 unspecified atom stereocenters. The molecule has 33 heavy (non-hydrogen) atoms. The van der Waals surface area contributed by atoms with Crippen molar-refractivity contribution in [1.82, 2.24) is 9.97 Å². The third-order valence-corrected chi connectivity index (χ3v) is 4.97. The van der Waals surface area contributed by atoms with Gasteiger partial charge in [0.05, 0.1) is 18.3 Å². The zero-order valence-corrected chi connectivity index (χ0v) is 18.4. The fraction of sp³-hybridized carbons (Fsp3) is 0.333. The first kappa shape index (κ1) is 24.3. The first-order chi connectivity index (χ1) is 15.7. The minimum Gasteiger partial charge on any atom is -0.406 e. The largest absolute Gasteiger partial charge is 0.573 e. The topological polar surface area (TPSA) is 79.3 Å². The third-order valence-electron chi connectivity index (χ3n) is 4.97. The molecule has 0 amide bonds. The smallest absolute Gasteiger partial charge is 0.406 e. The number of anilines is 2. The Hall–Kier alpha value is -3.33. The Labute approximate surface area is 190 Å². The van der Waals surface area contributed by atoms with Crippen molar-refractivity contribution in [2.45, 2.75) is 32.7 Å². The van der Waals surface area contributed by atoms with Crippen LogP contribution in [0.4, 0.5) is 24.9 Å². The average Bonchev–Trinajstić information content (AvgIpc) is 2.77. The summed E-state index contributed by atoms with van der Waals surface area (Å²) in [7, 11) is 0. The lowest BCUT2D eigenvalue weighted by Crippen LogP contribution is -2.30. The monoisotopic (exact) mass is 460 g/mol. The molecule has 1 atom stereocenters. The van der Waals surface area contributed by atoms with Gasteiger partial charge in [0.2, 0.25) is 5.95 Å². The number of hydrogen-bond donors (Lipinski definition) is 3. The number of benzene rings is 2. The second-order valence-corrected chi connectivity index (χ2v) is 7.88. The molecular formula is C24H27F3N4O2. The minimum atomic E-state index is -4.78. The summed E-state index contributed by atoms with van der Waals surface area (Å²) < 4.78 is 42.0. The Bertz CT molecular complexity index is 1030. The summed E-state index contributed by atoms with van der Waals surface area (Å²) in [6.45, 7) is 4.39. The molecule has 3 rings (SSSR count). The molecule has 176 valence electrons. The van der Waals surface area contributed by atoms with E-state index < -0.39 is 6.36 Å². The van der Waals surface area contributed by atoms with Crippen LogP contribution in [0.15, 0.2) is 60.7 Å². The van der Waals surface area contributed by atoms with Crippen LogP contribution in [-0.2, 0) is 6.42 Å². The van der Waals surface area contributed by atoms with E-state index in [1.165, 1.54) is 18.2 Å². The van der Waals surface area contributed by atoms with Crippen molar-refractivity contribution in [2.24, 2.45) is 5.92 Å². The zero-order valence-electron chi connectivity index (χ0n) is 18.4. The molecule has 0 bridgehead atoms. The van der Waals surface area contributed by atoms with Crippen LogP contribution in [0.2, 0.25) is 0 Å². The van der Waals surface area contributed by atoms with Gasteiger partial charge in [-0.2, -0.15) is 4.98 Å². The molecule has 0 saturated carbocycles. The lowest BCUT2D eigenvalue weighted by molar-refractivity contribution is -0.274. The lowest BCUT2D eigenvalue weighted by Gasteiger charge is -2.21. The van der Waals surface area contributed by atoms with Gasteiger partial charge in [-0.3, -0.25) is 0 Å². The number of alkyl halides is 3. The number of halogens is 3. The van der Waals surface area contributed by atoms with Crippen molar-refractivity contribution in [2.75, 3.05) is 23.8 Å². The number of hydrogen-bond acceptors (Lipinski definition) is 6. The molecule has 6 nitrogen and oxygen atoms in total. The van der Waals surface area contributed by atoms with Gasteiger partial charge in [-0.15, -0.1) is 13.2 Å². The van der Waals surface area contributed by atoms with Crippen molar-refractivity contribution >= 4 is 11.8 Å². The van der Waals surface area contributed by atoms with Crippen LogP contribution in [0.5, 0.6) is 5.75 Å². The predicted octanol–water partition coefficient (Wildman–Crippen LogP) is 5.13. The van der Waals surface area contributed by atoms with Crippen LogP contribution < -0.4 is 15.4 Å². The molecule has 3 N–H and O–H groups in total. The number of ether oxygens (including phenoxy) is 1. The Morgan fingerprint density at radius 2 is 1.76 bits per heavy atom. The van der Waals surface area contributed by atoms with Gasteiger partial charge in [-0.1, -0.05) is 56.3 Å². The van der Waals surface area contributed by atoms with Gasteiger partial charge >= 0.3 is 6.36 Å². The molecule has 0 aliphatic rings. The van der Waals surface area contributed by atoms with Gasteiger partial charge < -0.3 is 20.5 Å². The number of aliphatic hydroxyl groups is 1. The molecule has 0 fully saturated rings. The summed E-state index contributed by atoms with van der Waals surface area (Å²) in [5.41, 5.74) is 2.02. The normalized spacial score (nSPS) is 12.5. The maximum atomic E-state index is 12.6. The number of aromatic nitrogens is 2. The summed E-state index contributed by atoms with van der Waals surface area (Å²) in [5, 5.41) is 16.0. The third kappa shape index (κ3) is 7.64. The maximum absolute atomic E-state index is 12.6. The summed E-state index contributed by atoms with van der Waals surface area (Å²) in [6, 6.07) is 17.0. The Morgan fingerprint density at radius 3 is 2.42 bits per heavy atom. The van der Waals surface area contributed by atoms with E-state index in [2.05, 4.69) is 25.3 Å². The highest BCUT2D eigenvalue weighted by Gasteiger charge is 2.31. The molecular weight excluding hydrogens is 433 g/mol. The summed E-state index contributed by atoms with van der Waals surface area (Å²) >= 11 is 0. The quantitative estimate of drug-likeness (QED) is 0.390. The van der Waals surface area contributed by atoms with Crippen LogP contribution in [0.1, 0.15) is 19.4 Å². The second kappa shape index (κ2) is 11.0. The van der Waals surface area contributed by atoms with E-state index in [1.54, 1.807) is 12.1 Å². The van der Waals surface area contributed by atoms with Crippen molar-refractivity contribution in [3.8, 4) is 17.0 Å². The first-order valence-corrected chi connectivity index (χ1v) is 10.6. The van der Waals surface area contributed by atoms with E-state index in [1.807, 2.05) is 44.2 Å². The van der Waals surface area contributed by atoms with Gasteiger partial charge in [-0.25, -0.2) is 4.98 Å². The van der Waals surface area contributed by atoms with E-state index in [-0.39, 0.29) is 30.3 Å². The molecule has 0 aliphatic heterocycles. The fourth-order valence-electron chi connectivity index (χ4n) is 3.17. The van der Waals surface area contributed by atoms with E-state index in [0.29, 0.717) is 23.6 Å². The number of nitrogens with zero attached hydrogens (tertiary/aromatic N) is 2. The van der Waals surface area contributed by atoms with Crippen molar-refractivity contribution in [3.05, 3.63) is 66.2 Å². The number of nitrogens with one attached hydrogen (secondary N) is 2. The Morgan fingerprint density at radius 1 is 1.00 bits per heavy atom. The van der Waals surface area contributed by atoms with Crippen molar-refractivity contribution in [1.29, 1.82) is 0 Å². The predicted molar refractivity (Wildman–Crippen MR) is 122 cm³/mol. The van der Waals surface area contributed by atoms with Gasteiger partial charge in [0.25, 0.3) is 0 Å².